The first-order chi connectivity index (χ1) is 8.43. The molecule has 0 aliphatic heterocycles. The van der Waals surface area contributed by atoms with E-state index < -0.39 is 10.8 Å². The first-order valence-corrected chi connectivity index (χ1v) is 7.22. The predicted octanol–water partition coefficient (Wildman–Crippen LogP) is 1.67. The quantitative estimate of drug-likeness (QED) is 0.842. The van der Waals surface area contributed by atoms with Crippen LogP contribution in [-0.4, -0.2) is 34.5 Å². The van der Waals surface area contributed by atoms with E-state index in [0.29, 0.717) is 10.6 Å². The lowest BCUT2D eigenvalue weighted by Crippen LogP contribution is -2.26. The SMILES string of the molecule is CNC(=O)CS(=O)CC(=O)c1ccc(Cl)c(Cl)c1. The average molecular weight is 308 g/mol. The summed E-state index contributed by atoms with van der Waals surface area (Å²) in [7, 11) is -0.0854. The molecular weight excluding hydrogens is 297 g/mol. The van der Waals surface area contributed by atoms with Crippen LogP contribution in [0.1, 0.15) is 10.4 Å². The van der Waals surface area contributed by atoms with Gasteiger partial charge in [0.1, 0.15) is 5.75 Å². The predicted molar refractivity (Wildman–Crippen MR) is 72.7 cm³/mol. The fraction of sp³-hybridized carbons (Fsp3) is 0.273. The molecule has 1 rings (SSSR count). The fourth-order valence-corrected chi connectivity index (χ4v) is 2.46. The lowest BCUT2D eigenvalue weighted by molar-refractivity contribution is -0.118. The van der Waals surface area contributed by atoms with Crippen LogP contribution in [0.4, 0.5) is 0 Å². The normalized spacial score (nSPS) is 11.9. The summed E-state index contributed by atoms with van der Waals surface area (Å²) in [5.41, 5.74) is 0.328. The van der Waals surface area contributed by atoms with Crippen LogP contribution >= 0.6 is 23.2 Å². The van der Waals surface area contributed by atoms with E-state index in [0.717, 1.165) is 0 Å². The molecule has 1 N–H and O–H groups in total. The highest BCUT2D eigenvalue weighted by Crippen LogP contribution is 2.22. The van der Waals surface area contributed by atoms with E-state index in [9.17, 15) is 13.8 Å². The molecule has 1 aromatic rings. The molecular formula is C11H11Cl2NO3S. The van der Waals surface area contributed by atoms with Crippen LogP contribution in [0.25, 0.3) is 0 Å². The second kappa shape index (κ2) is 6.87. The molecule has 0 aliphatic carbocycles. The van der Waals surface area contributed by atoms with Gasteiger partial charge in [-0.25, -0.2) is 0 Å². The Bertz CT molecular complexity index is 505. The molecule has 0 aromatic heterocycles. The Morgan fingerprint density at radius 3 is 2.44 bits per heavy atom. The molecule has 98 valence electrons. The highest BCUT2D eigenvalue weighted by atomic mass is 35.5. The Balaban J connectivity index is 2.68. The number of carbonyl (C=O) groups excluding carboxylic acids is 2. The largest absolute Gasteiger partial charge is 0.358 e. The lowest BCUT2D eigenvalue weighted by atomic mass is 10.1. The lowest BCUT2D eigenvalue weighted by Gasteiger charge is -2.03. The minimum absolute atomic E-state index is 0.191. The maximum absolute atomic E-state index is 11.8. The molecule has 0 aliphatic rings. The topological polar surface area (TPSA) is 63.2 Å². The summed E-state index contributed by atoms with van der Waals surface area (Å²) in [5.74, 6) is -1.11. The minimum Gasteiger partial charge on any atom is -0.358 e. The Labute approximate surface area is 117 Å². The van der Waals surface area contributed by atoms with Crippen molar-refractivity contribution in [2.45, 2.75) is 0 Å². The number of hydrogen-bond acceptors (Lipinski definition) is 3. The minimum atomic E-state index is -1.53. The molecule has 1 atom stereocenters. The third-order valence-electron chi connectivity index (χ3n) is 2.10. The van der Waals surface area contributed by atoms with Crippen molar-refractivity contribution in [1.82, 2.24) is 5.32 Å². The zero-order valence-corrected chi connectivity index (χ0v) is 11.9. The van der Waals surface area contributed by atoms with Gasteiger partial charge in [-0.3, -0.25) is 13.8 Å². The van der Waals surface area contributed by atoms with Crippen LogP contribution in [0.2, 0.25) is 10.0 Å². The smallest absolute Gasteiger partial charge is 0.232 e. The van der Waals surface area contributed by atoms with Crippen LogP contribution in [-0.2, 0) is 15.6 Å². The summed E-state index contributed by atoms with van der Waals surface area (Å²) in [6.07, 6.45) is 0. The number of rotatable bonds is 5. The zero-order valence-electron chi connectivity index (χ0n) is 9.54. The summed E-state index contributed by atoms with van der Waals surface area (Å²) < 4.78 is 11.5. The number of ketones is 1. The van der Waals surface area contributed by atoms with Gasteiger partial charge in [0, 0.05) is 23.4 Å². The summed E-state index contributed by atoms with van der Waals surface area (Å²) >= 11 is 11.5. The molecule has 0 fully saturated rings. The van der Waals surface area contributed by atoms with Gasteiger partial charge in [-0.1, -0.05) is 23.2 Å². The molecule has 7 heteroatoms. The number of benzene rings is 1. The first kappa shape index (κ1) is 15.1. The van der Waals surface area contributed by atoms with Crippen LogP contribution in [0.5, 0.6) is 0 Å². The van der Waals surface area contributed by atoms with Crippen LogP contribution in [0.3, 0.4) is 0 Å². The summed E-state index contributed by atoms with van der Waals surface area (Å²) in [5, 5.41) is 2.95. The Hall–Kier alpha value is -0.910. The number of hydrogen-bond donors (Lipinski definition) is 1. The van der Waals surface area contributed by atoms with E-state index in [1.165, 1.54) is 25.2 Å². The number of Topliss-reactive ketones (excluding diaryl/α,β-unsaturated/α-hetero) is 1. The van der Waals surface area contributed by atoms with Gasteiger partial charge in [-0.2, -0.15) is 0 Å². The third-order valence-corrected chi connectivity index (χ3v) is 4.01. The van der Waals surface area contributed by atoms with Gasteiger partial charge >= 0.3 is 0 Å². The number of halogens is 2. The van der Waals surface area contributed by atoms with E-state index in [2.05, 4.69) is 5.32 Å². The molecule has 0 heterocycles. The Morgan fingerprint density at radius 2 is 1.89 bits per heavy atom. The van der Waals surface area contributed by atoms with Gasteiger partial charge in [0.2, 0.25) is 5.91 Å². The maximum Gasteiger partial charge on any atom is 0.232 e. The van der Waals surface area contributed by atoms with Gasteiger partial charge in [0.05, 0.1) is 15.8 Å². The standard InChI is InChI=1S/C11H11Cl2NO3S/c1-14-11(16)6-18(17)5-10(15)7-2-3-8(12)9(13)4-7/h2-4H,5-6H2,1H3,(H,14,16). The van der Waals surface area contributed by atoms with Crippen molar-refractivity contribution >= 4 is 45.7 Å². The van der Waals surface area contributed by atoms with Crippen molar-refractivity contribution in [1.29, 1.82) is 0 Å². The van der Waals surface area contributed by atoms with E-state index in [1.807, 2.05) is 0 Å². The number of carbonyl (C=O) groups is 2. The molecule has 1 amide bonds. The van der Waals surface area contributed by atoms with Crippen molar-refractivity contribution < 1.29 is 13.8 Å². The fourth-order valence-electron chi connectivity index (χ4n) is 1.17. The van der Waals surface area contributed by atoms with Gasteiger partial charge in [0.25, 0.3) is 0 Å². The molecule has 0 saturated carbocycles. The Kier molecular flexibility index (Phi) is 5.78. The van der Waals surface area contributed by atoms with E-state index >= 15 is 0 Å². The highest BCUT2D eigenvalue weighted by Gasteiger charge is 2.14. The van der Waals surface area contributed by atoms with E-state index in [4.69, 9.17) is 23.2 Å². The van der Waals surface area contributed by atoms with Gasteiger partial charge in [0.15, 0.2) is 5.78 Å². The zero-order chi connectivity index (χ0) is 13.7. The Morgan fingerprint density at radius 1 is 1.22 bits per heavy atom. The molecule has 0 saturated heterocycles. The monoisotopic (exact) mass is 307 g/mol. The molecule has 1 unspecified atom stereocenters. The average Bonchev–Trinajstić information content (AvgIpc) is 2.32. The third kappa shape index (κ3) is 4.40. The van der Waals surface area contributed by atoms with Crippen molar-refractivity contribution in [2.75, 3.05) is 18.6 Å². The molecule has 4 nitrogen and oxygen atoms in total. The van der Waals surface area contributed by atoms with Crippen LogP contribution in [0.15, 0.2) is 18.2 Å². The second-order valence-corrected chi connectivity index (χ2v) is 5.73. The van der Waals surface area contributed by atoms with Gasteiger partial charge in [-0.15, -0.1) is 0 Å². The molecule has 18 heavy (non-hydrogen) atoms. The molecule has 0 radical (unpaired) electrons. The first-order valence-electron chi connectivity index (χ1n) is 4.98. The highest BCUT2D eigenvalue weighted by molar-refractivity contribution is 7.86. The molecule has 0 spiro atoms. The number of nitrogens with one attached hydrogen (secondary N) is 1. The summed E-state index contributed by atoms with van der Waals surface area (Å²) in [6.45, 7) is 0. The van der Waals surface area contributed by atoms with Crippen LogP contribution in [0, 0.1) is 0 Å². The number of amides is 1. The van der Waals surface area contributed by atoms with E-state index in [1.54, 1.807) is 0 Å². The van der Waals surface area contributed by atoms with E-state index in [-0.39, 0.29) is 28.2 Å². The van der Waals surface area contributed by atoms with Gasteiger partial charge in [-0.05, 0) is 18.2 Å². The van der Waals surface area contributed by atoms with Crippen molar-refractivity contribution in [3.05, 3.63) is 33.8 Å². The molecule has 1 aromatic carbocycles. The van der Waals surface area contributed by atoms with Crippen molar-refractivity contribution in [3.8, 4) is 0 Å². The van der Waals surface area contributed by atoms with Crippen molar-refractivity contribution in [2.24, 2.45) is 0 Å². The van der Waals surface area contributed by atoms with Gasteiger partial charge < -0.3 is 5.32 Å². The summed E-state index contributed by atoms with van der Waals surface area (Å²) in [6, 6.07) is 4.43. The second-order valence-electron chi connectivity index (χ2n) is 3.45. The summed E-state index contributed by atoms with van der Waals surface area (Å²) in [4.78, 5) is 22.7. The van der Waals surface area contributed by atoms with Crippen molar-refractivity contribution in [3.63, 3.8) is 0 Å². The van der Waals surface area contributed by atoms with Crippen LogP contribution < -0.4 is 5.32 Å². The maximum atomic E-state index is 11.8. The molecule has 0 bridgehead atoms.